The molecule has 0 radical (unpaired) electrons. The summed E-state index contributed by atoms with van der Waals surface area (Å²) >= 11 is 0. The zero-order chi connectivity index (χ0) is 32.5. The van der Waals surface area contributed by atoms with Crippen molar-refractivity contribution in [2.24, 2.45) is 0 Å². The molecule has 0 saturated heterocycles. The number of rotatable bonds is 16. The lowest BCUT2D eigenvalue weighted by Gasteiger charge is -2.13. The minimum absolute atomic E-state index is 0.681. The Balaban J connectivity index is 1.11. The molecule has 5 rings (SSSR count). The molecule has 2 aromatic heterocycles. The number of benzene rings is 3. The second-order valence-electron chi connectivity index (χ2n) is 12.3. The maximum Gasteiger partial charge on any atom is 0.122 e. The van der Waals surface area contributed by atoms with Crippen LogP contribution in [0.2, 0.25) is 0 Å². The van der Waals surface area contributed by atoms with Gasteiger partial charge in [0.2, 0.25) is 0 Å². The second kappa shape index (κ2) is 15.6. The molecule has 0 amide bonds. The quantitative estimate of drug-likeness (QED) is 0.149. The number of ether oxygens (including phenoxy) is 2. The maximum absolute atomic E-state index is 5.92. The highest BCUT2D eigenvalue weighted by atomic mass is 16.5. The van der Waals surface area contributed by atoms with Crippen LogP contribution in [0.1, 0.15) is 22.3 Å². The first kappa shape index (κ1) is 32.8. The fourth-order valence-corrected chi connectivity index (χ4v) is 5.11. The Labute approximate surface area is 272 Å². The van der Waals surface area contributed by atoms with E-state index in [1.165, 1.54) is 11.1 Å². The molecule has 5 aromatic rings. The highest BCUT2D eigenvalue weighted by Gasteiger charge is 2.09. The Kier molecular flexibility index (Phi) is 11.2. The highest BCUT2D eigenvalue weighted by molar-refractivity contribution is 5.65. The van der Waals surface area contributed by atoms with E-state index in [4.69, 9.17) is 9.47 Å². The van der Waals surface area contributed by atoms with Crippen LogP contribution in [0.4, 0.5) is 0 Å². The molecule has 0 unspecified atom stereocenters. The van der Waals surface area contributed by atoms with Gasteiger partial charge in [0.25, 0.3) is 0 Å². The van der Waals surface area contributed by atoms with Crippen molar-refractivity contribution in [1.82, 2.24) is 39.8 Å². The summed E-state index contributed by atoms with van der Waals surface area (Å²) in [5.41, 5.74) is 8.53. The summed E-state index contributed by atoms with van der Waals surface area (Å²) in [5.74, 6) is 1.89. The third-order valence-corrected chi connectivity index (χ3v) is 7.88. The van der Waals surface area contributed by atoms with Gasteiger partial charge in [-0.25, -0.2) is 0 Å². The minimum Gasteiger partial charge on any atom is -0.492 e. The van der Waals surface area contributed by atoms with Crippen LogP contribution in [0.15, 0.2) is 73.1 Å². The van der Waals surface area contributed by atoms with Crippen molar-refractivity contribution >= 4 is 0 Å². The Morgan fingerprint density at radius 1 is 0.587 bits per heavy atom. The van der Waals surface area contributed by atoms with Crippen LogP contribution in [-0.2, 0) is 25.9 Å². The molecule has 46 heavy (non-hydrogen) atoms. The summed E-state index contributed by atoms with van der Waals surface area (Å²) in [6, 6.07) is 21.0. The summed E-state index contributed by atoms with van der Waals surface area (Å²) < 4.78 is 15.6. The van der Waals surface area contributed by atoms with Gasteiger partial charge in [-0.1, -0.05) is 59.0 Å². The van der Waals surface area contributed by atoms with Gasteiger partial charge in [0, 0.05) is 37.3 Å². The van der Waals surface area contributed by atoms with Crippen LogP contribution in [-0.4, -0.2) is 94.3 Å². The predicted molar refractivity (Wildman–Crippen MR) is 182 cm³/mol. The van der Waals surface area contributed by atoms with Gasteiger partial charge in [0.05, 0.1) is 12.4 Å². The number of aryl methyl sites for hydroxylation is 6. The number of aromatic nitrogens is 6. The van der Waals surface area contributed by atoms with E-state index in [-0.39, 0.29) is 0 Å². The lowest BCUT2D eigenvalue weighted by molar-refractivity contribution is 0.260. The largest absolute Gasteiger partial charge is 0.492 e. The Morgan fingerprint density at radius 2 is 1.00 bits per heavy atom. The summed E-state index contributed by atoms with van der Waals surface area (Å²) in [4.78, 5) is 4.23. The Bertz CT molecular complexity index is 1570. The molecule has 2 heterocycles. The fourth-order valence-electron chi connectivity index (χ4n) is 5.11. The second-order valence-corrected chi connectivity index (χ2v) is 12.3. The molecule has 10 nitrogen and oxygen atoms in total. The van der Waals surface area contributed by atoms with Crippen LogP contribution < -0.4 is 9.47 Å². The smallest absolute Gasteiger partial charge is 0.122 e. The van der Waals surface area contributed by atoms with Crippen LogP contribution in [0.3, 0.4) is 0 Å². The molecule has 10 heteroatoms. The Hall–Kier alpha value is -4.54. The van der Waals surface area contributed by atoms with Gasteiger partial charge in [0.15, 0.2) is 0 Å². The van der Waals surface area contributed by atoms with E-state index >= 15 is 0 Å². The number of hydrogen-bond donors (Lipinski definition) is 0. The third-order valence-electron chi connectivity index (χ3n) is 7.88. The van der Waals surface area contributed by atoms with Crippen molar-refractivity contribution in [3.8, 4) is 34.0 Å². The van der Waals surface area contributed by atoms with Crippen molar-refractivity contribution in [1.29, 1.82) is 0 Å². The number of likely N-dealkylation sites (N-methyl/N-ethyl adjacent to an activating group) is 2. The molecule has 0 fully saturated rings. The monoisotopic (exact) mass is 622 g/mol. The van der Waals surface area contributed by atoms with E-state index in [2.05, 4.69) is 105 Å². The van der Waals surface area contributed by atoms with Gasteiger partial charge in [-0.15, -0.1) is 10.2 Å². The lowest BCUT2D eigenvalue weighted by Crippen LogP contribution is -2.19. The molecule has 0 saturated carbocycles. The Morgan fingerprint density at radius 3 is 1.37 bits per heavy atom. The van der Waals surface area contributed by atoms with Gasteiger partial charge >= 0.3 is 0 Å². The topological polar surface area (TPSA) is 86.4 Å². The van der Waals surface area contributed by atoms with E-state index in [1.807, 2.05) is 49.9 Å². The van der Waals surface area contributed by atoms with Gasteiger partial charge in [0.1, 0.15) is 36.1 Å². The van der Waals surface area contributed by atoms with E-state index in [1.54, 1.807) is 0 Å². The van der Waals surface area contributed by atoms with E-state index < -0.39 is 0 Å². The number of nitrogens with zero attached hydrogens (tertiary/aromatic N) is 8. The molecule has 0 aliphatic rings. The first-order valence-electron chi connectivity index (χ1n) is 15.9. The SMILES string of the molecule is Cc1cc(CCn2cc(-c3ccc(-c4cn(CCc5ccc(OCCN(C)C)c(C)c5)nn4)cc3)nn2)ccc1OCCN(C)C. The molecular formula is C36H46N8O2. The maximum atomic E-state index is 5.92. The first-order chi connectivity index (χ1) is 22.2. The molecule has 0 aliphatic carbocycles. The molecule has 3 aromatic carbocycles. The van der Waals surface area contributed by atoms with Crippen molar-refractivity contribution in [2.45, 2.75) is 39.8 Å². The van der Waals surface area contributed by atoms with Gasteiger partial charge < -0.3 is 19.3 Å². The van der Waals surface area contributed by atoms with Crippen LogP contribution >= 0.6 is 0 Å². The van der Waals surface area contributed by atoms with Crippen LogP contribution in [0.5, 0.6) is 11.5 Å². The molecule has 0 atom stereocenters. The zero-order valence-corrected chi connectivity index (χ0v) is 28.0. The zero-order valence-electron chi connectivity index (χ0n) is 28.0. The third kappa shape index (κ3) is 9.24. The minimum atomic E-state index is 0.681. The fraction of sp³-hybridized carbons (Fsp3) is 0.389. The average Bonchev–Trinajstić information content (AvgIpc) is 3.71. The molecular weight excluding hydrogens is 576 g/mol. The van der Waals surface area contributed by atoms with Crippen molar-refractivity contribution < 1.29 is 9.47 Å². The van der Waals surface area contributed by atoms with Crippen LogP contribution in [0, 0.1) is 13.8 Å². The van der Waals surface area contributed by atoms with Crippen molar-refractivity contribution in [3.05, 3.63) is 95.3 Å². The van der Waals surface area contributed by atoms with Gasteiger partial charge in [-0.2, -0.15) is 0 Å². The summed E-state index contributed by atoms with van der Waals surface area (Å²) in [6.45, 7) is 8.84. The average molecular weight is 623 g/mol. The standard InChI is InChI=1S/C36H46N8O2/c1-27-23-29(7-13-35(27)45-21-19-41(3)4)15-17-43-25-33(37-39-43)31-9-11-32(12-10-31)34-26-44(40-38-34)18-16-30-8-14-36(28(2)24-30)46-22-20-42(5)6/h7-14,23-26H,15-22H2,1-6H3. The molecule has 0 N–H and O–H groups in total. The summed E-state index contributed by atoms with van der Waals surface area (Å²) in [5, 5.41) is 17.6. The van der Waals surface area contributed by atoms with Gasteiger partial charge in [-0.05, 0) is 89.3 Å². The predicted octanol–water partition coefficient (Wildman–Crippen LogP) is 5.19. The van der Waals surface area contributed by atoms with Crippen molar-refractivity contribution in [3.63, 3.8) is 0 Å². The highest BCUT2D eigenvalue weighted by Crippen LogP contribution is 2.24. The van der Waals surface area contributed by atoms with E-state index in [9.17, 15) is 0 Å². The van der Waals surface area contributed by atoms with Crippen LogP contribution in [0.25, 0.3) is 22.5 Å². The molecule has 0 bridgehead atoms. The van der Waals surface area contributed by atoms with E-state index in [0.717, 1.165) is 84.2 Å². The first-order valence-corrected chi connectivity index (χ1v) is 15.9. The molecule has 242 valence electrons. The normalized spacial score (nSPS) is 11.5. The van der Waals surface area contributed by atoms with Crippen molar-refractivity contribution in [2.75, 3.05) is 54.5 Å². The molecule has 0 spiro atoms. The summed E-state index contributed by atoms with van der Waals surface area (Å²) in [6.07, 6.45) is 5.74. The summed E-state index contributed by atoms with van der Waals surface area (Å²) in [7, 11) is 8.19. The van der Waals surface area contributed by atoms with Gasteiger partial charge in [-0.3, -0.25) is 9.36 Å². The van der Waals surface area contributed by atoms with E-state index in [0.29, 0.717) is 13.2 Å². The molecule has 0 aliphatic heterocycles. The lowest BCUT2D eigenvalue weighted by atomic mass is 10.1. The number of hydrogen-bond acceptors (Lipinski definition) is 8.